The number of amides is 1. The minimum absolute atomic E-state index is 0.0370. The molecule has 0 spiro atoms. The fourth-order valence-electron chi connectivity index (χ4n) is 0.460. The van der Waals surface area contributed by atoms with Crippen LogP contribution in [0.2, 0.25) is 0 Å². The predicted molar refractivity (Wildman–Crippen MR) is 46.4 cm³/mol. The van der Waals surface area contributed by atoms with Crippen LogP contribution in [0, 0.1) is 5.92 Å². The molecule has 3 heteroatoms. The molecule has 0 aromatic rings. The number of hydrogen-bond acceptors (Lipinski definition) is 2. The van der Waals surface area contributed by atoms with Crippen molar-refractivity contribution in [2.75, 3.05) is 0 Å². The van der Waals surface area contributed by atoms with E-state index in [9.17, 15) is 4.79 Å². The molecule has 0 aliphatic heterocycles. The Kier molecular flexibility index (Phi) is 5.43. The highest BCUT2D eigenvalue weighted by atomic mass is 16.2. The number of nitrogens with one attached hydrogen (secondary N) is 1. The lowest BCUT2D eigenvalue weighted by Gasteiger charge is -1.96. The smallest absolute Gasteiger partial charge is 0.239 e. The Labute approximate surface area is 67.9 Å². The van der Waals surface area contributed by atoms with Gasteiger partial charge in [-0.25, -0.2) is 5.43 Å². The molecule has 0 heterocycles. The standard InChI is InChI=1S/C8H16N2O/c1-4-8(11)10-9-6-5-7(2)3/h6-7H,4-5H2,1-3H3,(H,10,11)/b9-6+. The van der Waals surface area contributed by atoms with Gasteiger partial charge in [-0.15, -0.1) is 0 Å². The van der Waals surface area contributed by atoms with Crippen LogP contribution in [0.3, 0.4) is 0 Å². The summed E-state index contributed by atoms with van der Waals surface area (Å²) in [4.78, 5) is 10.6. The topological polar surface area (TPSA) is 41.5 Å². The van der Waals surface area contributed by atoms with E-state index in [0.717, 1.165) is 6.42 Å². The van der Waals surface area contributed by atoms with Crippen LogP contribution in [-0.4, -0.2) is 12.1 Å². The molecule has 0 radical (unpaired) electrons. The Morgan fingerprint density at radius 3 is 2.73 bits per heavy atom. The van der Waals surface area contributed by atoms with E-state index >= 15 is 0 Å². The maximum atomic E-state index is 10.6. The summed E-state index contributed by atoms with van der Waals surface area (Å²) >= 11 is 0. The van der Waals surface area contributed by atoms with Crippen LogP contribution < -0.4 is 5.43 Å². The summed E-state index contributed by atoms with van der Waals surface area (Å²) in [5.74, 6) is 0.558. The lowest BCUT2D eigenvalue weighted by Crippen LogP contribution is -2.15. The molecule has 0 atom stereocenters. The van der Waals surface area contributed by atoms with Gasteiger partial charge in [0.15, 0.2) is 0 Å². The van der Waals surface area contributed by atoms with E-state index in [1.165, 1.54) is 0 Å². The van der Waals surface area contributed by atoms with Crippen LogP contribution >= 0.6 is 0 Å². The Morgan fingerprint density at radius 1 is 1.64 bits per heavy atom. The molecule has 0 unspecified atom stereocenters. The van der Waals surface area contributed by atoms with Crippen molar-refractivity contribution in [3.8, 4) is 0 Å². The molecular weight excluding hydrogens is 140 g/mol. The van der Waals surface area contributed by atoms with Gasteiger partial charge in [-0.1, -0.05) is 20.8 Å². The van der Waals surface area contributed by atoms with Gasteiger partial charge >= 0.3 is 0 Å². The van der Waals surface area contributed by atoms with Gasteiger partial charge in [0.05, 0.1) is 0 Å². The first-order valence-corrected chi connectivity index (χ1v) is 3.97. The molecule has 3 nitrogen and oxygen atoms in total. The van der Waals surface area contributed by atoms with Gasteiger partial charge in [0.1, 0.15) is 0 Å². The molecule has 0 aromatic carbocycles. The molecule has 0 bridgehead atoms. The van der Waals surface area contributed by atoms with Crippen molar-refractivity contribution in [2.24, 2.45) is 11.0 Å². The zero-order chi connectivity index (χ0) is 8.69. The monoisotopic (exact) mass is 156 g/mol. The highest BCUT2D eigenvalue weighted by Gasteiger charge is 1.91. The van der Waals surface area contributed by atoms with Crippen LogP contribution in [0.25, 0.3) is 0 Å². The van der Waals surface area contributed by atoms with E-state index in [1.54, 1.807) is 13.1 Å². The summed E-state index contributed by atoms with van der Waals surface area (Å²) in [7, 11) is 0. The fraction of sp³-hybridized carbons (Fsp3) is 0.750. The van der Waals surface area contributed by atoms with Crippen LogP contribution in [0.4, 0.5) is 0 Å². The average Bonchev–Trinajstić information content (AvgIpc) is 1.97. The van der Waals surface area contributed by atoms with E-state index in [2.05, 4.69) is 24.4 Å². The van der Waals surface area contributed by atoms with Gasteiger partial charge in [0.25, 0.3) is 0 Å². The van der Waals surface area contributed by atoms with E-state index < -0.39 is 0 Å². The number of nitrogens with zero attached hydrogens (tertiary/aromatic N) is 1. The normalized spacial score (nSPS) is 10.9. The van der Waals surface area contributed by atoms with Gasteiger partial charge < -0.3 is 0 Å². The molecule has 0 saturated carbocycles. The summed E-state index contributed by atoms with van der Waals surface area (Å²) in [5, 5.41) is 3.76. The molecule has 0 aliphatic carbocycles. The highest BCUT2D eigenvalue weighted by Crippen LogP contribution is 1.94. The summed E-state index contributed by atoms with van der Waals surface area (Å²) in [6.07, 6.45) is 3.13. The predicted octanol–water partition coefficient (Wildman–Crippen LogP) is 1.54. The first-order valence-electron chi connectivity index (χ1n) is 3.97. The summed E-state index contributed by atoms with van der Waals surface area (Å²) in [6.45, 7) is 6.01. The lowest BCUT2D eigenvalue weighted by atomic mass is 10.2. The van der Waals surface area contributed by atoms with Crippen LogP contribution in [-0.2, 0) is 4.79 Å². The maximum Gasteiger partial charge on any atom is 0.239 e. The van der Waals surface area contributed by atoms with Crippen molar-refractivity contribution >= 4 is 12.1 Å². The third-order valence-corrected chi connectivity index (χ3v) is 1.18. The number of hydrazone groups is 1. The average molecular weight is 156 g/mol. The largest absolute Gasteiger partial charge is 0.273 e. The first-order chi connectivity index (χ1) is 5.16. The van der Waals surface area contributed by atoms with E-state index in [4.69, 9.17) is 0 Å². The molecular formula is C8H16N2O. The quantitative estimate of drug-likeness (QED) is 0.487. The second-order valence-electron chi connectivity index (χ2n) is 2.83. The minimum atomic E-state index is -0.0370. The Hall–Kier alpha value is -0.860. The van der Waals surface area contributed by atoms with Crippen molar-refractivity contribution < 1.29 is 4.79 Å². The molecule has 11 heavy (non-hydrogen) atoms. The van der Waals surface area contributed by atoms with Crippen molar-refractivity contribution in [1.29, 1.82) is 0 Å². The molecule has 0 aliphatic rings. The van der Waals surface area contributed by atoms with Crippen LogP contribution in [0.15, 0.2) is 5.10 Å². The second kappa shape index (κ2) is 5.89. The minimum Gasteiger partial charge on any atom is -0.273 e. The Bertz CT molecular complexity index is 141. The lowest BCUT2D eigenvalue weighted by molar-refractivity contribution is -0.120. The number of carbonyl (C=O) groups is 1. The molecule has 0 aromatic heterocycles. The summed E-state index contributed by atoms with van der Waals surface area (Å²) in [6, 6.07) is 0. The SMILES string of the molecule is CCC(=O)N/N=C/CC(C)C. The molecule has 0 saturated heterocycles. The fourth-order valence-corrected chi connectivity index (χ4v) is 0.460. The van der Waals surface area contributed by atoms with Crippen molar-refractivity contribution in [1.82, 2.24) is 5.43 Å². The van der Waals surface area contributed by atoms with Crippen molar-refractivity contribution in [3.63, 3.8) is 0 Å². The van der Waals surface area contributed by atoms with Gasteiger partial charge in [-0.3, -0.25) is 4.79 Å². The zero-order valence-corrected chi connectivity index (χ0v) is 7.42. The van der Waals surface area contributed by atoms with Crippen molar-refractivity contribution in [2.45, 2.75) is 33.6 Å². The Morgan fingerprint density at radius 2 is 2.27 bits per heavy atom. The third kappa shape index (κ3) is 7.03. The molecule has 0 rings (SSSR count). The van der Waals surface area contributed by atoms with Gasteiger partial charge in [0.2, 0.25) is 5.91 Å². The second-order valence-corrected chi connectivity index (χ2v) is 2.83. The van der Waals surface area contributed by atoms with Crippen LogP contribution in [0.1, 0.15) is 33.6 Å². The first kappa shape index (κ1) is 10.1. The molecule has 0 fully saturated rings. The zero-order valence-electron chi connectivity index (χ0n) is 7.42. The van der Waals surface area contributed by atoms with E-state index in [0.29, 0.717) is 12.3 Å². The van der Waals surface area contributed by atoms with Gasteiger partial charge in [-0.05, 0) is 12.3 Å². The van der Waals surface area contributed by atoms with Crippen LogP contribution in [0.5, 0.6) is 0 Å². The number of hydrogen-bond donors (Lipinski definition) is 1. The summed E-state index contributed by atoms with van der Waals surface area (Å²) < 4.78 is 0. The van der Waals surface area contributed by atoms with Crippen molar-refractivity contribution in [3.05, 3.63) is 0 Å². The van der Waals surface area contributed by atoms with Gasteiger partial charge in [-0.2, -0.15) is 5.10 Å². The van der Waals surface area contributed by atoms with E-state index in [-0.39, 0.29) is 5.91 Å². The molecule has 1 N–H and O–H groups in total. The van der Waals surface area contributed by atoms with Gasteiger partial charge in [0, 0.05) is 12.6 Å². The number of rotatable bonds is 4. The maximum absolute atomic E-state index is 10.6. The highest BCUT2D eigenvalue weighted by molar-refractivity contribution is 5.76. The molecule has 64 valence electrons. The Balaban J connectivity index is 3.37. The number of carbonyl (C=O) groups excluding carboxylic acids is 1. The third-order valence-electron chi connectivity index (χ3n) is 1.18. The molecule has 1 amide bonds. The van der Waals surface area contributed by atoms with E-state index in [1.807, 2.05) is 0 Å². The summed E-state index contributed by atoms with van der Waals surface area (Å²) in [5.41, 5.74) is 2.42.